The van der Waals surface area contributed by atoms with Crippen LogP contribution >= 0.6 is 11.6 Å². The third-order valence-corrected chi connectivity index (χ3v) is 1.65. The summed E-state index contributed by atoms with van der Waals surface area (Å²) in [5.74, 6) is -0.907. The zero-order valence-corrected chi connectivity index (χ0v) is 6.67. The number of aromatic nitrogens is 2. The molecule has 11 heavy (non-hydrogen) atoms. The third-order valence-electron chi connectivity index (χ3n) is 1.33. The number of carboxylic acids is 1. The van der Waals surface area contributed by atoms with E-state index in [-0.39, 0.29) is 6.42 Å². The molecule has 1 aromatic rings. The van der Waals surface area contributed by atoms with Gasteiger partial charge in [0.15, 0.2) is 0 Å². The normalized spacial score (nSPS) is 10.0. The lowest BCUT2D eigenvalue weighted by Gasteiger charge is -1.96. The van der Waals surface area contributed by atoms with E-state index in [1.807, 2.05) is 0 Å². The maximum atomic E-state index is 10.3. The fourth-order valence-electron chi connectivity index (χ4n) is 0.778. The zero-order valence-electron chi connectivity index (χ0n) is 5.91. The number of aryl methyl sites for hydroxylation is 1. The van der Waals surface area contributed by atoms with Gasteiger partial charge in [0.05, 0.1) is 23.3 Å². The van der Waals surface area contributed by atoms with Crippen LogP contribution in [-0.2, 0) is 18.3 Å². The number of carbonyl (C=O) groups is 1. The van der Waals surface area contributed by atoms with Gasteiger partial charge >= 0.3 is 5.97 Å². The number of hydrogen-bond donors (Lipinski definition) is 1. The van der Waals surface area contributed by atoms with Crippen LogP contribution < -0.4 is 0 Å². The second kappa shape index (κ2) is 2.92. The molecule has 1 rings (SSSR count). The van der Waals surface area contributed by atoms with Gasteiger partial charge in [-0.25, -0.2) is 0 Å². The molecule has 1 aromatic heterocycles. The molecule has 1 heterocycles. The maximum Gasteiger partial charge on any atom is 0.309 e. The fraction of sp³-hybridized carbons (Fsp3) is 0.333. The van der Waals surface area contributed by atoms with Gasteiger partial charge in [-0.15, -0.1) is 0 Å². The first-order valence-electron chi connectivity index (χ1n) is 2.99. The van der Waals surface area contributed by atoms with Gasteiger partial charge in [0.2, 0.25) is 0 Å². The van der Waals surface area contributed by atoms with Gasteiger partial charge in [0.1, 0.15) is 0 Å². The van der Waals surface area contributed by atoms with Crippen LogP contribution in [0.3, 0.4) is 0 Å². The highest BCUT2D eigenvalue weighted by molar-refractivity contribution is 6.31. The average molecular weight is 175 g/mol. The number of nitrogens with zero attached hydrogens (tertiary/aromatic N) is 2. The first kappa shape index (κ1) is 8.07. The van der Waals surface area contributed by atoms with Crippen LogP contribution in [-0.4, -0.2) is 20.9 Å². The molecule has 0 aromatic carbocycles. The summed E-state index contributed by atoms with van der Waals surface area (Å²) in [6.45, 7) is 0. The first-order valence-corrected chi connectivity index (χ1v) is 3.37. The monoisotopic (exact) mass is 174 g/mol. The largest absolute Gasteiger partial charge is 0.481 e. The van der Waals surface area contributed by atoms with Crippen molar-refractivity contribution in [1.82, 2.24) is 9.78 Å². The lowest BCUT2D eigenvalue weighted by atomic mass is 10.3. The second-order valence-corrected chi connectivity index (χ2v) is 2.54. The molecule has 0 aliphatic rings. The highest BCUT2D eigenvalue weighted by Crippen LogP contribution is 2.13. The van der Waals surface area contributed by atoms with E-state index in [4.69, 9.17) is 16.7 Å². The summed E-state index contributed by atoms with van der Waals surface area (Å²) < 4.78 is 1.45. The lowest BCUT2D eigenvalue weighted by Crippen LogP contribution is -2.06. The number of halogens is 1. The molecule has 0 atom stereocenters. The standard InChI is InChI=1S/C6H7ClN2O2/c1-9-5(2-6(10)11)4(7)3-8-9/h3H,2H2,1H3,(H,10,11). The zero-order chi connectivity index (χ0) is 8.43. The molecule has 0 spiro atoms. The first-order chi connectivity index (χ1) is 5.11. The van der Waals surface area contributed by atoms with Crippen molar-refractivity contribution >= 4 is 17.6 Å². The Morgan fingerprint density at radius 1 is 1.91 bits per heavy atom. The Bertz CT molecular complexity index is 263. The average Bonchev–Trinajstić information content (AvgIpc) is 2.18. The van der Waals surface area contributed by atoms with E-state index >= 15 is 0 Å². The molecule has 0 unspecified atom stereocenters. The van der Waals surface area contributed by atoms with E-state index < -0.39 is 5.97 Å². The second-order valence-electron chi connectivity index (χ2n) is 2.13. The van der Waals surface area contributed by atoms with Gasteiger partial charge in [0.25, 0.3) is 0 Å². The molecule has 0 saturated carbocycles. The molecule has 0 aliphatic carbocycles. The van der Waals surface area contributed by atoms with Crippen molar-refractivity contribution in [2.75, 3.05) is 0 Å². The summed E-state index contributed by atoms with van der Waals surface area (Å²) in [4.78, 5) is 10.3. The molecule has 4 nitrogen and oxygen atoms in total. The Balaban J connectivity index is 2.92. The van der Waals surface area contributed by atoms with Crippen molar-refractivity contribution in [2.24, 2.45) is 7.05 Å². The molecular formula is C6H7ClN2O2. The van der Waals surface area contributed by atoms with Crippen LogP contribution in [0.5, 0.6) is 0 Å². The molecule has 0 saturated heterocycles. The summed E-state index contributed by atoms with van der Waals surface area (Å²) in [6, 6.07) is 0. The number of aliphatic carboxylic acids is 1. The predicted molar refractivity (Wildman–Crippen MR) is 39.6 cm³/mol. The number of rotatable bonds is 2. The van der Waals surface area contributed by atoms with Crippen LogP contribution in [0.1, 0.15) is 5.69 Å². The number of carboxylic acid groups (broad SMARTS) is 1. The number of hydrogen-bond acceptors (Lipinski definition) is 2. The molecule has 0 fully saturated rings. The van der Waals surface area contributed by atoms with Crippen LogP contribution in [0.4, 0.5) is 0 Å². The minimum absolute atomic E-state index is 0.0880. The topological polar surface area (TPSA) is 55.1 Å². The Morgan fingerprint density at radius 3 is 2.91 bits per heavy atom. The van der Waals surface area contributed by atoms with Crippen molar-refractivity contribution in [3.05, 3.63) is 16.9 Å². The summed E-state index contributed by atoms with van der Waals surface area (Å²) in [5.41, 5.74) is 0.527. The molecule has 0 bridgehead atoms. The highest BCUT2D eigenvalue weighted by atomic mass is 35.5. The summed E-state index contributed by atoms with van der Waals surface area (Å²) >= 11 is 5.64. The molecular weight excluding hydrogens is 168 g/mol. The Kier molecular flexibility index (Phi) is 2.14. The van der Waals surface area contributed by atoms with Gasteiger partial charge in [-0.3, -0.25) is 9.48 Å². The Hall–Kier alpha value is -1.03. The molecule has 1 N–H and O–H groups in total. The van der Waals surface area contributed by atoms with E-state index in [2.05, 4.69) is 5.10 Å². The molecule has 5 heteroatoms. The molecule has 0 amide bonds. The van der Waals surface area contributed by atoms with Gasteiger partial charge in [0, 0.05) is 7.05 Å². The van der Waals surface area contributed by atoms with Gasteiger partial charge < -0.3 is 5.11 Å². The Labute approximate surface area is 68.4 Å². The minimum Gasteiger partial charge on any atom is -0.481 e. The summed E-state index contributed by atoms with van der Waals surface area (Å²) in [5, 5.41) is 12.6. The molecule has 60 valence electrons. The van der Waals surface area contributed by atoms with Crippen LogP contribution in [0.15, 0.2) is 6.20 Å². The third kappa shape index (κ3) is 1.71. The summed E-state index contributed by atoms with van der Waals surface area (Å²) in [7, 11) is 1.66. The van der Waals surface area contributed by atoms with Gasteiger partial charge in [-0.05, 0) is 0 Å². The van der Waals surface area contributed by atoms with E-state index in [1.54, 1.807) is 7.05 Å². The Morgan fingerprint density at radius 2 is 2.55 bits per heavy atom. The van der Waals surface area contributed by atoms with Crippen LogP contribution in [0.25, 0.3) is 0 Å². The maximum absolute atomic E-state index is 10.3. The quantitative estimate of drug-likeness (QED) is 0.718. The van der Waals surface area contributed by atoms with E-state index in [0.717, 1.165) is 0 Å². The molecule has 0 aliphatic heterocycles. The van der Waals surface area contributed by atoms with Gasteiger partial charge in [-0.1, -0.05) is 11.6 Å². The van der Waals surface area contributed by atoms with Crippen molar-refractivity contribution in [1.29, 1.82) is 0 Å². The van der Waals surface area contributed by atoms with E-state index in [1.165, 1.54) is 10.9 Å². The smallest absolute Gasteiger partial charge is 0.309 e. The van der Waals surface area contributed by atoms with E-state index in [9.17, 15) is 4.79 Å². The summed E-state index contributed by atoms with van der Waals surface area (Å²) in [6.07, 6.45) is 1.34. The van der Waals surface area contributed by atoms with Crippen LogP contribution in [0, 0.1) is 0 Å². The predicted octanol–water partition coefficient (Wildman–Crippen LogP) is 0.701. The van der Waals surface area contributed by atoms with Crippen molar-refractivity contribution in [3.63, 3.8) is 0 Å². The minimum atomic E-state index is -0.907. The van der Waals surface area contributed by atoms with Gasteiger partial charge in [-0.2, -0.15) is 5.10 Å². The SMILES string of the molecule is Cn1ncc(Cl)c1CC(=O)O. The van der Waals surface area contributed by atoms with Crippen molar-refractivity contribution in [3.8, 4) is 0 Å². The molecule has 0 radical (unpaired) electrons. The van der Waals surface area contributed by atoms with Crippen molar-refractivity contribution in [2.45, 2.75) is 6.42 Å². The van der Waals surface area contributed by atoms with Crippen molar-refractivity contribution < 1.29 is 9.90 Å². The highest BCUT2D eigenvalue weighted by Gasteiger charge is 2.09. The lowest BCUT2D eigenvalue weighted by molar-refractivity contribution is -0.136. The fourth-order valence-corrected chi connectivity index (χ4v) is 1.01. The van der Waals surface area contributed by atoms with Crippen LogP contribution in [0.2, 0.25) is 5.02 Å². The van der Waals surface area contributed by atoms with E-state index in [0.29, 0.717) is 10.7 Å².